The molecule has 2 saturated heterocycles. The molecule has 10 aromatic rings. The van der Waals surface area contributed by atoms with Crippen LogP contribution < -0.4 is 15.4 Å². The average molecular weight is 1390 g/mol. The number of pyridine rings is 2. The summed E-state index contributed by atoms with van der Waals surface area (Å²) in [5.74, 6) is 1.62. The predicted molar refractivity (Wildman–Crippen MR) is 361 cm³/mol. The Morgan fingerprint density at radius 3 is 1.34 bits per heavy atom. The quantitative estimate of drug-likeness (QED) is 0.0635. The molecule has 0 spiro atoms. The van der Waals surface area contributed by atoms with E-state index in [1.807, 2.05) is 131 Å². The van der Waals surface area contributed by atoms with Crippen molar-refractivity contribution in [2.45, 2.75) is 117 Å². The summed E-state index contributed by atoms with van der Waals surface area (Å²) in [7, 11) is 1.64. The highest BCUT2D eigenvalue weighted by molar-refractivity contribution is 9.10. The van der Waals surface area contributed by atoms with Crippen molar-refractivity contribution in [1.29, 1.82) is 0 Å². The Bertz CT molecular complexity index is 4680. The summed E-state index contributed by atoms with van der Waals surface area (Å²) in [4.78, 5) is 111. The van der Waals surface area contributed by atoms with E-state index in [2.05, 4.69) is 94.7 Å². The Kier molecular flexibility index (Phi) is 17.0. The Morgan fingerprint density at radius 2 is 0.936 bits per heavy atom. The minimum atomic E-state index is -0.697. The van der Waals surface area contributed by atoms with Crippen LogP contribution in [0.5, 0.6) is 5.75 Å². The molecule has 14 rings (SSSR count). The first-order valence-corrected chi connectivity index (χ1v) is 32.5. The number of piperidine rings is 2. The van der Waals surface area contributed by atoms with Gasteiger partial charge in [0.25, 0.3) is 0 Å². The zero-order valence-electron chi connectivity index (χ0n) is 52.7. The maximum Gasteiger partial charge on any atom is 0.248 e. The first-order chi connectivity index (χ1) is 45.2. The van der Waals surface area contributed by atoms with Gasteiger partial charge in [-0.25, -0.2) is 29.9 Å². The van der Waals surface area contributed by atoms with E-state index in [0.717, 1.165) is 70.4 Å². The highest BCUT2D eigenvalue weighted by atomic mass is 79.9. The predicted octanol–water partition coefficient (Wildman–Crippen LogP) is 11.4. The number of ketones is 2. The van der Waals surface area contributed by atoms with E-state index in [9.17, 15) is 28.8 Å². The largest absolute Gasteiger partial charge is 0.497 e. The summed E-state index contributed by atoms with van der Waals surface area (Å²) in [6.45, 7) is 10.1. The molecule has 0 radical (unpaired) electrons. The van der Waals surface area contributed by atoms with Gasteiger partial charge in [-0.05, 0) is 191 Å². The molecule has 4 aliphatic rings. The lowest BCUT2D eigenvalue weighted by Crippen LogP contribution is -2.47. The highest BCUT2D eigenvalue weighted by Crippen LogP contribution is 2.63. The first kappa shape index (κ1) is 63.0. The Hall–Kier alpha value is -9.74. The molecule has 23 heteroatoms. The van der Waals surface area contributed by atoms with Crippen LogP contribution in [0.25, 0.3) is 44.1 Å². The van der Waals surface area contributed by atoms with Gasteiger partial charge < -0.3 is 25.2 Å². The standard InChI is InChI=1S/C36H34BrN7O4.C35H32BrN7O3/c1-20-5-12-31(37)40-34(20)41-35(47)29-15-36(14-23-6-9-26(48-4)10-7-23)16-30(36)44(29)32(46)19-43-28-11-8-24(25-17-38-22(3)39-18-25)13-27(28)33(42-43)21(2)45;1-20-9-12-30(36)39-33(20)40-34(46)28-15-35(14-23-7-5-4-6-8-23)16-29(35)43(28)31(45)19-42-27-11-10-24(25-17-37-22(3)38-18-25)13-26(27)32(41-42)21(2)44/h5-13,17-18,29-30H,14-16,19H2,1-4H3,(H,40,41,47);4-13,17-18,28-29H,14-16,19H2,1-3H3,(H,39,40,46)/t29-,30+,36-;28-,29+,35-/m00/s1. The summed E-state index contributed by atoms with van der Waals surface area (Å²) in [5.41, 5.74) is 8.72. The van der Waals surface area contributed by atoms with Crippen molar-refractivity contribution in [2.24, 2.45) is 10.8 Å². The number of Topliss-reactive ketones (excluding diaryl/α,β-unsaturated/α-hetero) is 2. The van der Waals surface area contributed by atoms with Crippen molar-refractivity contribution in [3.05, 3.63) is 195 Å². The Labute approximate surface area is 558 Å². The van der Waals surface area contributed by atoms with Gasteiger partial charge in [0, 0.05) is 72.6 Å². The Balaban J connectivity index is 0.000000171. The van der Waals surface area contributed by atoms with Gasteiger partial charge >= 0.3 is 0 Å². The van der Waals surface area contributed by atoms with E-state index >= 15 is 0 Å². The molecule has 476 valence electrons. The van der Waals surface area contributed by atoms with Gasteiger partial charge in [-0.3, -0.25) is 38.1 Å². The third-order valence-corrected chi connectivity index (χ3v) is 19.6. The molecule has 2 saturated carbocycles. The fraction of sp³-hybridized carbons (Fsp3) is 0.296. The van der Waals surface area contributed by atoms with Gasteiger partial charge in [0.1, 0.15) is 74.8 Å². The second-order valence-electron chi connectivity index (χ2n) is 25.1. The van der Waals surface area contributed by atoms with E-state index < -0.39 is 12.1 Å². The topological polar surface area (TPSA) is 255 Å². The second kappa shape index (κ2) is 25.3. The Morgan fingerprint density at radius 1 is 0.521 bits per heavy atom. The molecular weight excluding hydrogens is 1320 g/mol. The number of amides is 4. The van der Waals surface area contributed by atoms with Crippen LogP contribution in [0.4, 0.5) is 11.6 Å². The van der Waals surface area contributed by atoms with Crippen molar-refractivity contribution >= 4 is 100 Å². The number of methoxy groups -OCH3 is 1. The van der Waals surface area contributed by atoms with Gasteiger partial charge in [-0.2, -0.15) is 10.2 Å². The first-order valence-electron chi connectivity index (χ1n) is 31.0. The molecule has 4 aromatic carbocycles. The van der Waals surface area contributed by atoms with E-state index in [4.69, 9.17) is 4.74 Å². The van der Waals surface area contributed by atoms with Crippen LogP contribution in [-0.2, 0) is 45.1 Å². The SMILES string of the molecule is CC(=O)c1nn(CC(=O)N2[C@H](C(=O)Nc3nc(Br)ccc3C)C[C@@]3(Cc4ccccc4)C[C@@H]23)c2ccc(-c3cnc(C)nc3)cc12.COc1ccc(C[C@@]23C[C@@H](C(=O)Nc4nc(Br)ccc4C)N(C(=O)Cn4nc(C(C)=O)c5cc(-c6cnc(C)nc6)ccc54)[C@@H]2C3)cc1. The van der Waals surface area contributed by atoms with Crippen LogP contribution in [0.1, 0.15) is 94.4 Å². The molecular formula is C71H66Br2N14O7. The lowest BCUT2D eigenvalue weighted by molar-refractivity contribution is -0.138. The van der Waals surface area contributed by atoms with Crippen LogP contribution in [0, 0.1) is 38.5 Å². The zero-order chi connectivity index (χ0) is 65.9. The third kappa shape index (κ3) is 12.5. The zero-order valence-corrected chi connectivity index (χ0v) is 55.9. The lowest BCUT2D eigenvalue weighted by Gasteiger charge is -2.27. The number of aromatic nitrogens is 10. The number of rotatable bonds is 17. The van der Waals surface area contributed by atoms with Crippen LogP contribution in [0.15, 0.2) is 149 Å². The maximum atomic E-state index is 14.3. The fourth-order valence-electron chi connectivity index (χ4n) is 13.7. The third-order valence-electron chi connectivity index (χ3n) is 18.7. The molecule has 6 atom stereocenters. The average Bonchev–Trinajstić information content (AvgIpc) is 1.54. The smallest absolute Gasteiger partial charge is 0.248 e. The number of fused-ring (bicyclic) bond motifs is 4. The fourth-order valence-corrected chi connectivity index (χ4v) is 14.4. The van der Waals surface area contributed by atoms with Crippen molar-refractivity contribution < 1.29 is 33.5 Å². The number of ether oxygens (including phenoxy) is 1. The summed E-state index contributed by atoms with van der Waals surface area (Å²) >= 11 is 6.78. The number of nitrogens with one attached hydrogen (secondary N) is 2. The molecule has 0 bridgehead atoms. The molecule has 0 unspecified atom stereocenters. The molecule has 2 N–H and O–H groups in total. The molecule has 2 aliphatic heterocycles. The van der Waals surface area contributed by atoms with Gasteiger partial charge in [0.2, 0.25) is 23.6 Å². The van der Waals surface area contributed by atoms with Crippen molar-refractivity contribution in [3.63, 3.8) is 0 Å². The molecule has 8 heterocycles. The number of halogens is 2. The summed E-state index contributed by atoms with van der Waals surface area (Å²) < 4.78 is 9.70. The van der Waals surface area contributed by atoms with E-state index in [-0.39, 0.29) is 82.6 Å². The molecule has 4 fully saturated rings. The van der Waals surface area contributed by atoms with E-state index in [1.165, 1.54) is 19.4 Å². The van der Waals surface area contributed by atoms with Crippen molar-refractivity contribution in [3.8, 4) is 28.0 Å². The lowest BCUT2D eigenvalue weighted by atomic mass is 9.91. The normalized spacial score (nSPS) is 19.8. The monoisotopic (exact) mass is 1380 g/mol. The van der Waals surface area contributed by atoms with Crippen molar-refractivity contribution in [1.82, 2.24) is 59.3 Å². The number of carbonyl (C=O) groups excluding carboxylic acids is 6. The number of likely N-dealkylation sites (tertiary alicyclic amines) is 2. The number of benzene rings is 4. The van der Waals surface area contributed by atoms with Crippen LogP contribution in [0.2, 0.25) is 0 Å². The molecule has 21 nitrogen and oxygen atoms in total. The number of hydrogen-bond acceptors (Lipinski definition) is 15. The van der Waals surface area contributed by atoms with E-state index in [1.54, 1.807) is 51.1 Å². The number of hydrogen-bond donors (Lipinski definition) is 2. The second-order valence-corrected chi connectivity index (χ2v) is 26.7. The summed E-state index contributed by atoms with van der Waals surface area (Å²) in [6, 6.07) is 35.3. The van der Waals surface area contributed by atoms with Crippen LogP contribution >= 0.6 is 31.9 Å². The van der Waals surface area contributed by atoms with Crippen LogP contribution in [-0.4, -0.2) is 126 Å². The minimum Gasteiger partial charge on any atom is -0.497 e. The minimum absolute atomic E-state index is 0.0743. The van der Waals surface area contributed by atoms with Gasteiger partial charge in [0.15, 0.2) is 11.6 Å². The number of anilines is 2. The summed E-state index contributed by atoms with van der Waals surface area (Å²) in [5, 5.41) is 16.5. The number of carbonyl (C=O) groups is 6. The molecule has 94 heavy (non-hydrogen) atoms. The van der Waals surface area contributed by atoms with Gasteiger partial charge in [0.05, 0.1) is 18.1 Å². The van der Waals surface area contributed by atoms with Crippen molar-refractivity contribution in [2.75, 3.05) is 17.7 Å². The van der Waals surface area contributed by atoms with Gasteiger partial charge in [-0.1, -0.05) is 66.7 Å². The maximum absolute atomic E-state index is 14.3. The molecule has 2 aliphatic carbocycles. The highest BCUT2D eigenvalue weighted by Gasteiger charge is 2.68. The van der Waals surface area contributed by atoms with Crippen LogP contribution in [0.3, 0.4) is 0 Å². The number of aryl methyl sites for hydroxylation is 4. The number of nitrogens with zero attached hydrogens (tertiary/aromatic N) is 12. The van der Waals surface area contributed by atoms with Gasteiger partial charge in [-0.15, -0.1) is 0 Å². The van der Waals surface area contributed by atoms with E-state index in [0.29, 0.717) is 67.1 Å². The summed E-state index contributed by atoms with van der Waals surface area (Å²) in [6.07, 6.45) is 11.2. The molecule has 4 amide bonds. The molecule has 6 aromatic heterocycles.